The van der Waals surface area contributed by atoms with E-state index in [1.54, 1.807) is 6.08 Å². The van der Waals surface area contributed by atoms with Crippen LogP contribution >= 0.6 is 0 Å². The van der Waals surface area contributed by atoms with Crippen LogP contribution < -0.4 is 0 Å². The number of hydrogen-bond donors (Lipinski definition) is 1. The normalized spacial score (nSPS) is 27.7. The third kappa shape index (κ3) is 5.92. The second-order valence-electron chi connectivity index (χ2n) is 11.9. The summed E-state index contributed by atoms with van der Waals surface area (Å²) in [5, 5.41) is 9.31. The number of carbonyl (C=O) groups excluding carboxylic acids is 1. The van der Waals surface area contributed by atoms with Gasteiger partial charge in [-0.2, -0.15) is 13.2 Å². The molecule has 0 aromatic heterocycles. The average molecular weight is 512 g/mol. The van der Waals surface area contributed by atoms with E-state index in [4.69, 9.17) is 0 Å². The Hall–Kier alpha value is -2.03. The van der Waals surface area contributed by atoms with E-state index >= 15 is 0 Å². The van der Waals surface area contributed by atoms with Crippen molar-refractivity contribution < 1.29 is 27.9 Å². The lowest BCUT2D eigenvalue weighted by Crippen LogP contribution is -2.45. The Kier molecular flexibility index (Phi) is 7.79. The largest absolute Gasteiger partial charge is 0.481 e. The topological polar surface area (TPSA) is 64.1 Å². The Morgan fingerprint density at radius 2 is 1.53 bits per heavy atom. The lowest BCUT2D eigenvalue weighted by Gasteiger charge is -2.41. The standard InChI is InChI=1S/C27H40F3N3O3/c1-26(2,3)33-15-10-20(17-33)24(34)32-13-6-18(7-14-32)22-5-4-21(27(28,29)30)16-23(22)31-11-8-19(9-12-31)25(35)36/h5,16,18-21H,4,6-15,17H2,1-3H3,(H,35,36)/t20-,21?/m0/s1. The fraction of sp³-hybridized carbons (Fsp3) is 0.778. The van der Waals surface area contributed by atoms with Gasteiger partial charge in [0.15, 0.2) is 0 Å². The first-order valence-electron chi connectivity index (χ1n) is 13.3. The molecule has 1 aliphatic carbocycles. The Morgan fingerprint density at radius 1 is 0.917 bits per heavy atom. The van der Waals surface area contributed by atoms with Crippen LogP contribution in [-0.2, 0) is 9.59 Å². The minimum Gasteiger partial charge on any atom is -0.481 e. The molecule has 6 nitrogen and oxygen atoms in total. The number of likely N-dealkylation sites (tertiary alicyclic amines) is 3. The molecular formula is C27H40F3N3O3. The molecule has 0 spiro atoms. The summed E-state index contributed by atoms with van der Waals surface area (Å²) in [6.45, 7) is 10.4. The smallest absolute Gasteiger partial charge is 0.395 e. The van der Waals surface area contributed by atoms with Crippen molar-refractivity contribution in [1.82, 2.24) is 14.7 Å². The predicted octanol–water partition coefficient (Wildman–Crippen LogP) is 4.53. The molecule has 36 heavy (non-hydrogen) atoms. The Morgan fingerprint density at radius 3 is 2.06 bits per heavy atom. The fourth-order valence-corrected chi connectivity index (χ4v) is 6.21. The van der Waals surface area contributed by atoms with E-state index in [1.165, 1.54) is 6.08 Å². The number of hydrogen-bond acceptors (Lipinski definition) is 4. The van der Waals surface area contributed by atoms with Gasteiger partial charge in [0.1, 0.15) is 0 Å². The Balaban J connectivity index is 1.40. The van der Waals surface area contributed by atoms with Crippen molar-refractivity contribution in [2.75, 3.05) is 39.3 Å². The highest BCUT2D eigenvalue weighted by atomic mass is 19.4. The molecule has 1 amide bonds. The Labute approximate surface area is 212 Å². The van der Waals surface area contributed by atoms with Crippen molar-refractivity contribution in [2.45, 2.75) is 71.0 Å². The first-order chi connectivity index (χ1) is 16.8. The number of halogens is 3. The van der Waals surface area contributed by atoms with Crippen molar-refractivity contribution in [3.05, 3.63) is 23.4 Å². The number of carboxylic acids is 1. The van der Waals surface area contributed by atoms with E-state index in [-0.39, 0.29) is 29.7 Å². The predicted molar refractivity (Wildman–Crippen MR) is 131 cm³/mol. The quantitative estimate of drug-likeness (QED) is 0.601. The molecule has 4 rings (SSSR count). The highest BCUT2D eigenvalue weighted by molar-refractivity contribution is 5.79. The summed E-state index contributed by atoms with van der Waals surface area (Å²) in [5.74, 6) is -2.43. The van der Waals surface area contributed by atoms with E-state index in [1.807, 2.05) is 9.80 Å². The molecule has 3 fully saturated rings. The summed E-state index contributed by atoms with van der Waals surface area (Å²) in [6.07, 6.45) is 2.01. The molecule has 3 saturated heterocycles. The molecule has 202 valence electrons. The number of piperidine rings is 2. The third-order valence-corrected chi connectivity index (χ3v) is 8.58. The zero-order valence-electron chi connectivity index (χ0n) is 21.7. The first kappa shape index (κ1) is 27.0. The van der Waals surface area contributed by atoms with Gasteiger partial charge in [-0.15, -0.1) is 0 Å². The van der Waals surface area contributed by atoms with Crippen LogP contribution in [0.2, 0.25) is 0 Å². The molecule has 1 N–H and O–H groups in total. The number of rotatable bonds is 4. The average Bonchev–Trinajstić information content (AvgIpc) is 3.34. The summed E-state index contributed by atoms with van der Waals surface area (Å²) < 4.78 is 40.8. The molecular weight excluding hydrogens is 471 g/mol. The molecule has 0 radical (unpaired) electrons. The minimum atomic E-state index is -4.30. The first-order valence-corrected chi connectivity index (χ1v) is 13.3. The number of carbonyl (C=O) groups is 2. The van der Waals surface area contributed by atoms with Gasteiger partial charge in [0, 0.05) is 44.0 Å². The van der Waals surface area contributed by atoms with Gasteiger partial charge in [-0.05, 0) is 83.4 Å². The third-order valence-electron chi connectivity index (χ3n) is 8.58. The zero-order chi connectivity index (χ0) is 26.3. The highest BCUT2D eigenvalue weighted by Crippen LogP contribution is 2.42. The number of nitrogens with zero attached hydrogens (tertiary/aromatic N) is 3. The molecule has 4 aliphatic rings. The molecule has 3 heterocycles. The van der Waals surface area contributed by atoms with Crippen LogP contribution in [0.15, 0.2) is 23.4 Å². The van der Waals surface area contributed by atoms with E-state index in [0.717, 1.165) is 37.9 Å². The number of carboxylic acid groups (broad SMARTS) is 1. The van der Waals surface area contributed by atoms with E-state index in [0.29, 0.717) is 44.7 Å². The molecule has 0 saturated carbocycles. The van der Waals surface area contributed by atoms with E-state index in [9.17, 15) is 27.9 Å². The summed E-state index contributed by atoms with van der Waals surface area (Å²) in [7, 11) is 0. The van der Waals surface area contributed by atoms with Gasteiger partial charge in [-0.25, -0.2) is 0 Å². The number of amides is 1. The van der Waals surface area contributed by atoms with E-state index in [2.05, 4.69) is 25.7 Å². The van der Waals surface area contributed by atoms with Crippen LogP contribution in [0.1, 0.15) is 59.3 Å². The van der Waals surface area contributed by atoms with Crippen molar-refractivity contribution in [3.8, 4) is 0 Å². The van der Waals surface area contributed by atoms with Gasteiger partial charge in [0.25, 0.3) is 0 Å². The number of aliphatic carboxylic acids is 1. The van der Waals surface area contributed by atoms with E-state index < -0.39 is 24.0 Å². The van der Waals surface area contributed by atoms with Crippen LogP contribution in [0.5, 0.6) is 0 Å². The van der Waals surface area contributed by atoms with Crippen LogP contribution in [0, 0.1) is 23.7 Å². The maximum Gasteiger partial charge on any atom is 0.395 e. The lowest BCUT2D eigenvalue weighted by atomic mass is 9.80. The summed E-state index contributed by atoms with van der Waals surface area (Å²) in [4.78, 5) is 30.8. The van der Waals surface area contributed by atoms with Gasteiger partial charge < -0.3 is 14.9 Å². The Bertz CT molecular complexity index is 892. The van der Waals surface area contributed by atoms with Gasteiger partial charge in [0.2, 0.25) is 5.91 Å². The van der Waals surface area contributed by atoms with Crippen LogP contribution in [-0.4, -0.2) is 82.7 Å². The highest BCUT2D eigenvalue weighted by Gasteiger charge is 2.42. The second-order valence-corrected chi connectivity index (χ2v) is 11.9. The van der Waals surface area contributed by atoms with Gasteiger partial charge in [-0.3, -0.25) is 14.5 Å². The van der Waals surface area contributed by atoms with Gasteiger partial charge >= 0.3 is 12.1 Å². The van der Waals surface area contributed by atoms with Crippen LogP contribution in [0.25, 0.3) is 0 Å². The van der Waals surface area contributed by atoms with Gasteiger partial charge in [-0.1, -0.05) is 6.08 Å². The molecule has 3 aliphatic heterocycles. The monoisotopic (exact) mass is 511 g/mol. The summed E-state index contributed by atoms with van der Waals surface area (Å²) >= 11 is 0. The van der Waals surface area contributed by atoms with Crippen molar-refractivity contribution in [3.63, 3.8) is 0 Å². The molecule has 1 unspecified atom stereocenters. The fourth-order valence-electron chi connectivity index (χ4n) is 6.21. The summed E-state index contributed by atoms with van der Waals surface area (Å²) in [5.41, 5.74) is 1.63. The zero-order valence-corrected chi connectivity index (χ0v) is 21.7. The maximum absolute atomic E-state index is 13.6. The van der Waals surface area contributed by atoms with Crippen LogP contribution in [0.3, 0.4) is 0 Å². The lowest BCUT2D eigenvalue weighted by molar-refractivity contribution is -0.161. The van der Waals surface area contributed by atoms with Crippen LogP contribution in [0.4, 0.5) is 13.2 Å². The molecule has 9 heteroatoms. The number of alkyl halides is 3. The minimum absolute atomic E-state index is 0.0215. The van der Waals surface area contributed by atoms with Crippen molar-refractivity contribution in [2.24, 2.45) is 23.7 Å². The summed E-state index contributed by atoms with van der Waals surface area (Å²) in [6, 6.07) is 0. The van der Waals surface area contributed by atoms with Gasteiger partial charge in [0.05, 0.1) is 17.8 Å². The van der Waals surface area contributed by atoms with Crippen molar-refractivity contribution >= 4 is 11.9 Å². The number of allylic oxidation sites excluding steroid dienone is 3. The molecule has 0 bridgehead atoms. The molecule has 0 aromatic rings. The van der Waals surface area contributed by atoms with Crippen molar-refractivity contribution in [1.29, 1.82) is 0 Å². The maximum atomic E-state index is 13.6. The second kappa shape index (κ2) is 10.4. The SMILES string of the molecule is CC(C)(C)N1CC[C@H](C(=O)N2CCC(C3=CCC(C(F)(F)F)C=C3N3CCC(C(=O)O)CC3)CC2)C1. The molecule has 0 aromatic carbocycles. The molecule has 2 atom stereocenters.